The van der Waals surface area contributed by atoms with E-state index in [1.165, 1.54) is 14.2 Å². The highest BCUT2D eigenvalue weighted by atomic mass is 16.7. The molecule has 0 radical (unpaired) electrons. The van der Waals surface area contributed by atoms with Crippen molar-refractivity contribution >= 4 is 17.7 Å². The van der Waals surface area contributed by atoms with Crippen LogP contribution in [0.3, 0.4) is 0 Å². The zero-order valence-electron chi connectivity index (χ0n) is 15.4. The highest BCUT2D eigenvalue weighted by molar-refractivity contribution is 6.12. The number of ether oxygens (including phenoxy) is 4. The zero-order valence-corrected chi connectivity index (χ0v) is 15.4. The van der Waals surface area contributed by atoms with E-state index in [0.717, 1.165) is 19.3 Å². The second kappa shape index (κ2) is 6.34. The SMILES string of the molecule is COC(=O)C1(C(=O)OC)[C@@H]2C(=O)c3ccccc3O[C@H]2OC12CCCCC2. The van der Waals surface area contributed by atoms with Crippen molar-refractivity contribution in [3.8, 4) is 5.75 Å². The van der Waals surface area contributed by atoms with Crippen molar-refractivity contribution in [2.24, 2.45) is 11.3 Å². The van der Waals surface area contributed by atoms with Crippen LogP contribution in [0.1, 0.15) is 42.5 Å². The number of carbonyl (C=O) groups is 3. The summed E-state index contributed by atoms with van der Waals surface area (Å²) in [5.41, 5.74) is -2.74. The first-order valence-corrected chi connectivity index (χ1v) is 9.16. The van der Waals surface area contributed by atoms with Gasteiger partial charge in [-0.2, -0.15) is 0 Å². The van der Waals surface area contributed by atoms with E-state index in [4.69, 9.17) is 18.9 Å². The van der Waals surface area contributed by atoms with Crippen molar-refractivity contribution < 1.29 is 33.3 Å². The number of rotatable bonds is 2. The molecule has 0 bridgehead atoms. The number of esters is 2. The standard InChI is InChI=1S/C20H22O7/c1-24-17(22)20(18(23)25-2)14-15(21)12-8-4-5-9-13(12)26-16(14)27-19(20)10-6-3-7-11-19/h4-5,8-9,14,16H,3,6-7,10-11H2,1-2H3/t14-,16+/m1/s1. The third-order valence-electron chi connectivity index (χ3n) is 6.15. The normalized spacial score (nSPS) is 27.3. The molecule has 0 aromatic heterocycles. The average molecular weight is 374 g/mol. The number of fused-ring (bicyclic) bond motifs is 2. The van der Waals surface area contributed by atoms with Crippen LogP contribution in [0.5, 0.6) is 5.75 Å². The lowest BCUT2D eigenvalue weighted by Crippen LogP contribution is -2.61. The van der Waals surface area contributed by atoms with Crippen LogP contribution in [-0.4, -0.2) is 43.8 Å². The molecule has 7 heteroatoms. The summed E-state index contributed by atoms with van der Waals surface area (Å²) in [5, 5.41) is 0. The van der Waals surface area contributed by atoms with E-state index in [0.29, 0.717) is 24.2 Å². The molecule has 1 aromatic rings. The van der Waals surface area contributed by atoms with E-state index in [1.807, 2.05) is 0 Å². The number of benzene rings is 1. The van der Waals surface area contributed by atoms with Gasteiger partial charge in [-0.25, -0.2) is 0 Å². The summed E-state index contributed by atoms with van der Waals surface area (Å²) in [6.07, 6.45) is 2.39. The highest BCUT2D eigenvalue weighted by Crippen LogP contribution is 2.60. The number of hydrogen-bond donors (Lipinski definition) is 0. The lowest BCUT2D eigenvalue weighted by molar-refractivity contribution is -0.194. The molecule has 3 aliphatic rings. The lowest BCUT2D eigenvalue weighted by Gasteiger charge is -2.43. The summed E-state index contributed by atoms with van der Waals surface area (Å²) in [6.45, 7) is 0. The van der Waals surface area contributed by atoms with Gasteiger partial charge in [0.1, 0.15) is 17.3 Å². The van der Waals surface area contributed by atoms with Crippen molar-refractivity contribution in [1.29, 1.82) is 0 Å². The highest BCUT2D eigenvalue weighted by Gasteiger charge is 2.78. The number of para-hydroxylation sites is 1. The molecule has 0 N–H and O–H groups in total. The van der Waals surface area contributed by atoms with Gasteiger partial charge in [0, 0.05) is 0 Å². The molecule has 1 spiro atoms. The third-order valence-corrected chi connectivity index (χ3v) is 6.15. The van der Waals surface area contributed by atoms with Crippen LogP contribution in [0.25, 0.3) is 0 Å². The summed E-state index contributed by atoms with van der Waals surface area (Å²) >= 11 is 0. The Morgan fingerprint density at radius 3 is 2.30 bits per heavy atom. The van der Waals surface area contributed by atoms with E-state index >= 15 is 0 Å². The summed E-state index contributed by atoms with van der Waals surface area (Å²) < 4.78 is 22.3. The molecule has 7 nitrogen and oxygen atoms in total. The van der Waals surface area contributed by atoms with E-state index in [-0.39, 0.29) is 5.78 Å². The first-order chi connectivity index (χ1) is 13.0. The molecular weight excluding hydrogens is 352 g/mol. The number of Topliss-reactive ketones (excluding diaryl/α,β-unsaturated/α-hetero) is 1. The van der Waals surface area contributed by atoms with Crippen LogP contribution in [0.2, 0.25) is 0 Å². The molecule has 144 valence electrons. The minimum Gasteiger partial charge on any atom is -0.468 e. The van der Waals surface area contributed by atoms with E-state index < -0.39 is 35.2 Å². The van der Waals surface area contributed by atoms with Gasteiger partial charge in [-0.3, -0.25) is 14.4 Å². The largest absolute Gasteiger partial charge is 0.468 e. The van der Waals surface area contributed by atoms with Gasteiger partial charge in [-0.15, -0.1) is 0 Å². The Morgan fingerprint density at radius 2 is 1.67 bits per heavy atom. The molecule has 1 saturated carbocycles. The smallest absolute Gasteiger partial charge is 0.327 e. The molecule has 2 aliphatic heterocycles. The number of ketones is 1. The van der Waals surface area contributed by atoms with Crippen molar-refractivity contribution in [2.75, 3.05) is 14.2 Å². The van der Waals surface area contributed by atoms with Gasteiger partial charge in [0.25, 0.3) is 0 Å². The minimum atomic E-state index is -1.88. The molecular formula is C20H22O7. The van der Waals surface area contributed by atoms with E-state index in [1.54, 1.807) is 24.3 Å². The fourth-order valence-electron chi connectivity index (χ4n) is 5.02. The summed E-state index contributed by atoms with van der Waals surface area (Å²) in [7, 11) is 2.41. The molecule has 0 amide bonds. The maximum atomic E-state index is 13.4. The Kier molecular flexibility index (Phi) is 4.22. The first-order valence-electron chi connectivity index (χ1n) is 9.16. The zero-order chi connectivity index (χ0) is 19.2. The fourth-order valence-corrected chi connectivity index (χ4v) is 5.02. The van der Waals surface area contributed by atoms with E-state index in [2.05, 4.69) is 0 Å². The Hall–Kier alpha value is -2.41. The minimum absolute atomic E-state index is 0.326. The summed E-state index contributed by atoms with van der Waals surface area (Å²) in [5.74, 6) is -2.73. The molecule has 2 atom stereocenters. The molecule has 2 fully saturated rings. The maximum Gasteiger partial charge on any atom is 0.327 e. The molecule has 27 heavy (non-hydrogen) atoms. The molecule has 1 aliphatic carbocycles. The lowest BCUT2D eigenvalue weighted by atomic mass is 9.59. The van der Waals surface area contributed by atoms with Crippen molar-refractivity contribution in [2.45, 2.75) is 44.0 Å². The average Bonchev–Trinajstić information content (AvgIpc) is 2.97. The Balaban J connectivity index is 1.94. The molecule has 0 unspecified atom stereocenters. The van der Waals surface area contributed by atoms with Gasteiger partial charge in [0.2, 0.25) is 11.7 Å². The molecule has 4 rings (SSSR count). The van der Waals surface area contributed by atoms with Crippen LogP contribution in [0, 0.1) is 11.3 Å². The van der Waals surface area contributed by atoms with E-state index in [9.17, 15) is 14.4 Å². The van der Waals surface area contributed by atoms with Crippen LogP contribution < -0.4 is 4.74 Å². The third kappa shape index (κ3) is 2.21. The number of carbonyl (C=O) groups excluding carboxylic acids is 3. The topological polar surface area (TPSA) is 88.1 Å². The van der Waals surface area contributed by atoms with Crippen molar-refractivity contribution in [3.05, 3.63) is 29.8 Å². The first kappa shape index (κ1) is 18.0. The maximum absolute atomic E-state index is 13.4. The van der Waals surface area contributed by atoms with Crippen molar-refractivity contribution in [3.63, 3.8) is 0 Å². The molecule has 1 aromatic carbocycles. The Labute approximate surface area is 156 Å². The van der Waals surface area contributed by atoms with Crippen LogP contribution >= 0.6 is 0 Å². The van der Waals surface area contributed by atoms with Gasteiger partial charge in [0.15, 0.2) is 5.78 Å². The Bertz CT molecular complexity index is 777. The van der Waals surface area contributed by atoms with Gasteiger partial charge in [-0.1, -0.05) is 31.4 Å². The monoisotopic (exact) mass is 374 g/mol. The quantitative estimate of drug-likeness (QED) is 0.579. The second-order valence-electron chi connectivity index (χ2n) is 7.29. The molecule has 1 saturated heterocycles. The van der Waals surface area contributed by atoms with Crippen LogP contribution in [-0.2, 0) is 23.8 Å². The van der Waals surface area contributed by atoms with Gasteiger partial charge >= 0.3 is 11.9 Å². The van der Waals surface area contributed by atoms with Gasteiger partial charge in [0.05, 0.1) is 19.8 Å². The second-order valence-corrected chi connectivity index (χ2v) is 7.29. The Morgan fingerprint density at radius 1 is 1.04 bits per heavy atom. The molecule has 2 heterocycles. The summed E-state index contributed by atoms with van der Waals surface area (Å²) in [6, 6.07) is 6.77. The van der Waals surface area contributed by atoms with Crippen LogP contribution in [0.15, 0.2) is 24.3 Å². The van der Waals surface area contributed by atoms with Gasteiger partial charge in [-0.05, 0) is 25.0 Å². The summed E-state index contributed by atoms with van der Waals surface area (Å²) in [4.78, 5) is 39.6. The van der Waals surface area contributed by atoms with Gasteiger partial charge < -0.3 is 18.9 Å². The van der Waals surface area contributed by atoms with Crippen LogP contribution in [0.4, 0.5) is 0 Å². The predicted molar refractivity (Wildman–Crippen MR) is 92.0 cm³/mol. The fraction of sp³-hybridized carbons (Fsp3) is 0.550. The number of methoxy groups -OCH3 is 2. The number of hydrogen-bond acceptors (Lipinski definition) is 7. The predicted octanol–water partition coefficient (Wildman–Crippen LogP) is 2.27. The van der Waals surface area contributed by atoms with Crippen molar-refractivity contribution in [1.82, 2.24) is 0 Å².